The zero-order valence-corrected chi connectivity index (χ0v) is 9.35. The van der Waals surface area contributed by atoms with Crippen LogP contribution < -0.4 is 5.73 Å². The van der Waals surface area contributed by atoms with Crippen LogP contribution in [-0.4, -0.2) is 42.5 Å². The zero-order chi connectivity index (χ0) is 11.5. The number of ether oxygens (including phenoxy) is 1. The summed E-state index contributed by atoms with van der Waals surface area (Å²) in [5.41, 5.74) is 6.05. The van der Waals surface area contributed by atoms with Gasteiger partial charge >= 0.3 is 0 Å². The molecule has 5 heteroatoms. The zero-order valence-electron chi connectivity index (χ0n) is 9.35. The normalized spacial score (nSPS) is 25.2. The smallest absolute Gasteiger partial charge is 0.255 e. The first kappa shape index (κ1) is 11.5. The minimum atomic E-state index is -0.260. The fourth-order valence-electron chi connectivity index (χ4n) is 2.47. The first-order valence-electron chi connectivity index (χ1n) is 5.85. The van der Waals surface area contributed by atoms with Crippen molar-refractivity contribution in [1.29, 1.82) is 0 Å². The summed E-state index contributed by atoms with van der Waals surface area (Å²) >= 11 is 0. The van der Waals surface area contributed by atoms with Gasteiger partial charge < -0.3 is 10.5 Å². The summed E-state index contributed by atoms with van der Waals surface area (Å²) in [5, 5.41) is 0. The van der Waals surface area contributed by atoms with Crippen molar-refractivity contribution in [3.8, 4) is 0 Å². The van der Waals surface area contributed by atoms with Crippen molar-refractivity contribution in [3.63, 3.8) is 0 Å². The number of nitrogens with two attached hydrogens (primary N) is 1. The number of carbonyl (C=O) groups is 2. The quantitative estimate of drug-likeness (QED) is 0.681. The van der Waals surface area contributed by atoms with Crippen LogP contribution in [0.2, 0.25) is 0 Å². The maximum absolute atomic E-state index is 11.5. The molecule has 1 heterocycles. The van der Waals surface area contributed by atoms with Crippen LogP contribution in [0.1, 0.15) is 25.7 Å². The molecule has 1 unspecified atom stereocenters. The maximum atomic E-state index is 11.5. The van der Waals surface area contributed by atoms with Gasteiger partial charge in [-0.05, 0) is 18.8 Å². The Kier molecular flexibility index (Phi) is 3.56. The largest absolute Gasteiger partial charge is 0.362 e. The van der Waals surface area contributed by atoms with E-state index in [0.717, 1.165) is 12.8 Å². The molecule has 2 rings (SSSR count). The third kappa shape index (κ3) is 2.41. The summed E-state index contributed by atoms with van der Waals surface area (Å²) in [6, 6.07) is -0.0755. The third-order valence-electron chi connectivity index (χ3n) is 3.45. The third-order valence-corrected chi connectivity index (χ3v) is 3.45. The van der Waals surface area contributed by atoms with Crippen LogP contribution in [0.3, 0.4) is 0 Å². The van der Waals surface area contributed by atoms with E-state index in [0.29, 0.717) is 12.5 Å². The Morgan fingerprint density at radius 3 is 2.38 bits per heavy atom. The molecule has 1 aliphatic heterocycles. The first-order valence-corrected chi connectivity index (χ1v) is 5.85. The van der Waals surface area contributed by atoms with E-state index >= 15 is 0 Å². The molecule has 2 fully saturated rings. The first-order chi connectivity index (χ1) is 7.68. The van der Waals surface area contributed by atoms with Crippen molar-refractivity contribution in [1.82, 2.24) is 4.90 Å². The monoisotopic (exact) mass is 226 g/mol. The van der Waals surface area contributed by atoms with E-state index < -0.39 is 0 Å². The minimum absolute atomic E-state index is 0.00310. The van der Waals surface area contributed by atoms with Gasteiger partial charge in [0, 0.05) is 12.6 Å². The second-order valence-electron chi connectivity index (χ2n) is 4.60. The molecule has 0 aromatic heterocycles. The summed E-state index contributed by atoms with van der Waals surface area (Å²) in [5.74, 6) is -0.0576. The van der Waals surface area contributed by atoms with E-state index in [4.69, 9.17) is 10.5 Å². The molecule has 2 aliphatic rings. The SMILES string of the molecule is NC(CN1C(=O)COCC1=O)C1CCCC1. The van der Waals surface area contributed by atoms with Gasteiger partial charge in [-0.1, -0.05) is 12.8 Å². The van der Waals surface area contributed by atoms with Gasteiger partial charge in [-0.15, -0.1) is 0 Å². The Balaban J connectivity index is 1.91. The molecule has 0 bridgehead atoms. The van der Waals surface area contributed by atoms with Crippen molar-refractivity contribution < 1.29 is 14.3 Å². The van der Waals surface area contributed by atoms with Gasteiger partial charge in [-0.25, -0.2) is 0 Å². The molecule has 2 amide bonds. The summed E-state index contributed by atoms with van der Waals surface area (Å²) in [6.45, 7) is 0.359. The van der Waals surface area contributed by atoms with E-state index in [9.17, 15) is 9.59 Å². The second-order valence-corrected chi connectivity index (χ2v) is 4.60. The molecule has 16 heavy (non-hydrogen) atoms. The van der Waals surface area contributed by atoms with Crippen LogP contribution in [0, 0.1) is 5.92 Å². The highest BCUT2D eigenvalue weighted by atomic mass is 16.5. The van der Waals surface area contributed by atoms with Crippen molar-refractivity contribution >= 4 is 11.8 Å². The number of rotatable bonds is 3. The fourth-order valence-corrected chi connectivity index (χ4v) is 2.47. The second kappa shape index (κ2) is 4.93. The lowest BCUT2D eigenvalue weighted by atomic mass is 9.98. The molecule has 1 saturated heterocycles. The summed E-state index contributed by atoms with van der Waals surface area (Å²) in [4.78, 5) is 24.2. The predicted molar refractivity (Wildman–Crippen MR) is 57.5 cm³/mol. The standard InChI is InChI=1S/C11H18N2O3/c12-9(8-3-1-2-4-8)5-13-10(14)6-16-7-11(13)15/h8-9H,1-7,12H2. The average Bonchev–Trinajstić information content (AvgIpc) is 2.76. The van der Waals surface area contributed by atoms with Gasteiger partial charge in [-0.3, -0.25) is 14.5 Å². The summed E-state index contributed by atoms with van der Waals surface area (Å²) in [6.07, 6.45) is 4.66. The number of nitrogens with zero attached hydrogens (tertiary/aromatic N) is 1. The Hall–Kier alpha value is -0.940. The van der Waals surface area contributed by atoms with Gasteiger partial charge in [0.15, 0.2) is 0 Å². The predicted octanol–water partition coefficient (Wildman–Crippen LogP) is -0.111. The van der Waals surface area contributed by atoms with E-state index in [2.05, 4.69) is 0 Å². The van der Waals surface area contributed by atoms with Crippen LogP contribution in [0.4, 0.5) is 0 Å². The lowest BCUT2D eigenvalue weighted by Gasteiger charge is -2.29. The number of carbonyl (C=O) groups excluding carboxylic acids is 2. The molecule has 0 radical (unpaired) electrons. The number of hydrogen-bond acceptors (Lipinski definition) is 4. The molecule has 0 aromatic rings. The lowest BCUT2D eigenvalue weighted by molar-refractivity contribution is -0.158. The highest BCUT2D eigenvalue weighted by molar-refractivity contribution is 5.98. The molecule has 2 N–H and O–H groups in total. The fraction of sp³-hybridized carbons (Fsp3) is 0.818. The lowest BCUT2D eigenvalue weighted by Crippen LogP contribution is -2.52. The summed E-state index contributed by atoms with van der Waals surface area (Å²) in [7, 11) is 0. The van der Waals surface area contributed by atoms with Gasteiger partial charge in [0.05, 0.1) is 0 Å². The molecule has 0 spiro atoms. The molecule has 0 aromatic carbocycles. The van der Waals surface area contributed by atoms with Crippen molar-refractivity contribution in [2.45, 2.75) is 31.7 Å². The highest BCUT2D eigenvalue weighted by Gasteiger charge is 2.31. The van der Waals surface area contributed by atoms with E-state index in [1.807, 2.05) is 0 Å². The van der Waals surface area contributed by atoms with Crippen LogP contribution in [0.5, 0.6) is 0 Å². The Labute approximate surface area is 94.9 Å². The van der Waals surface area contributed by atoms with Gasteiger partial charge in [-0.2, -0.15) is 0 Å². The number of amides is 2. The Morgan fingerprint density at radius 1 is 1.25 bits per heavy atom. The highest BCUT2D eigenvalue weighted by Crippen LogP contribution is 2.27. The molecular weight excluding hydrogens is 208 g/mol. The Morgan fingerprint density at radius 2 is 1.81 bits per heavy atom. The topological polar surface area (TPSA) is 72.6 Å². The number of imide groups is 1. The van der Waals surface area contributed by atoms with E-state index in [-0.39, 0.29) is 31.1 Å². The van der Waals surface area contributed by atoms with Crippen molar-refractivity contribution in [3.05, 3.63) is 0 Å². The van der Waals surface area contributed by atoms with Crippen molar-refractivity contribution in [2.75, 3.05) is 19.8 Å². The average molecular weight is 226 g/mol. The molecular formula is C11H18N2O3. The molecule has 90 valence electrons. The summed E-state index contributed by atoms with van der Waals surface area (Å²) < 4.78 is 4.85. The van der Waals surface area contributed by atoms with E-state index in [1.54, 1.807) is 0 Å². The van der Waals surface area contributed by atoms with Gasteiger partial charge in [0.2, 0.25) is 0 Å². The minimum Gasteiger partial charge on any atom is -0.362 e. The maximum Gasteiger partial charge on any atom is 0.255 e. The van der Waals surface area contributed by atoms with E-state index in [1.165, 1.54) is 17.7 Å². The molecule has 1 aliphatic carbocycles. The number of morpholine rings is 1. The van der Waals surface area contributed by atoms with Crippen LogP contribution >= 0.6 is 0 Å². The van der Waals surface area contributed by atoms with Gasteiger partial charge in [0.1, 0.15) is 13.2 Å². The molecule has 5 nitrogen and oxygen atoms in total. The molecule has 1 atom stereocenters. The van der Waals surface area contributed by atoms with Gasteiger partial charge in [0.25, 0.3) is 11.8 Å². The van der Waals surface area contributed by atoms with Crippen LogP contribution in [-0.2, 0) is 14.3 Å². The molecule has 1 saturated carbocycles. The van der Waals surface area contributed by atoms with Crippen molar-refractivity contribution in [2.24, 2.45) is 11.7 Å². The number of hydrogen-bond donors (Lipinski definition) is 1. The Bertz CT molecular complexity index is 271. The van der Waals surface area contributed by atoms with Crippen LogP contribution in [0.15, 0.2) is 0 Å². The van der Waals surface area contributed by atoms with Crippen LogP contribution in [0.25, 0.3) is 0 Å².